The number of allylic oxidation sites excluding steroid dienone is 8. The summed E-state index contributed by atoms with van der Waals surface area (Å²) < 4.78 is 0. The molecule has 0 aliphatic carbocycles. The molecule has 0 aromatic carbocycles. The molecule has 0 aliphatic heterocycles. The van der Waals surface area contributed by atoms with Crippen LogP contribution in [0.1, 0.15) is 71.1 Å². The van der Waals surface area contributed by atoms with Crippen molar-refractivity contribution < 1.29 is 14.9 Å². The van der Waals surface area contributed by atoms with Gasteiger partial charge >= 0.3 is 5.97 Å². The van der Waals surface area contributed by atoms with Crippen LogP contribution < -0.4 is 0 Å². The molecule has 0 amide bonds. The molecule has 0 bridgehead atoms. The minimum Gasteiger partial charge on any atom is -0.301 e. The Morgan fingerprint density at radius 3 is 1.96 bits per heavy atom. The van der Waals surface area contributed by atoms with Gasteiger partial charge in [-0.1, -0.05) is 74.8 Å². The molecular formula is C20H32O3. The standard InChI is InChI=1S/C20H32O3/c1-2-3-4-5-6-7-8-9-10-11-12-13-14-15-16-17-18-19-20(21)23-22/h4-5,12-17,22H,2-3,6-11,18-19H2,1H3/b5-4+,13-12+,15-14+,17-16+. The van der Waals surface area contributed by atoms with Crippen molar-refractivity contribution in [2.24, 2.45) is 0 Å². The van der Waals surface area contributed by atoms with Crippen LogP contribution in [0.15, 0.2) is 48.6 Å². The fraction of sp³-hybridized carbons (Fsp3) is 0.550. The molecule has 130 valence electrons. The van der Waals surface area contributed by atoms with Crippen molar-refractivity contribution in [2.45, 2.75) is 71.1 Å². The first-order valence-electron chi connectivity index (χ1n) is 8.78. The molecule has 0 rings (SSSR count). The van der Waals surface area contributed by atoms with Crippen LogP contribution in [0.5, 0.6) is 0 Å². The van der Waals surface area contributed by atoms with Gasteiger partial charge in [0.2, 0.25) is 0 Å². The van der Waals surface area contributed by atoms with E-state index in [0.717, 1.165) is 6.42 Å². The van der Waals surface area contributed by atoms with E-state index in [1.807, 2.05) is 24.3 Å². The summed E-state index contributed by atoms with van der Waals surface area (Å²) in [6.45, 7) is 2.21. The van der Waals surface area contributed by atoms with E-state index in [9.17, 15) is 4.79 Å². The van der Waals surface area contributed by atoms with E-state index < -0.39 is 5.97 Å². The summed E-state index contributed by atoms with van der Waals surface area (Å²) in [6, 6.07) is 0. The zero-order chi connectivity index (χ0) is 17.0. The fourth-order valence-electron chi connectivity index (χ4n) is 2.01. The Kier molecular flexibility index (Phi) is 17.1. The molecule has 0 aromatic rings. The zero-order valence-corrected chi connectivity index (χ0v) is 14.5. The molecule has 0 heterocycles. The minimum absolute atomic E-state index is 0.199. The lowest BCUT2D eigenvalue weighted by Gasteiger charge is -1.96. The van der Waals surface area contributed by atoms with E-state index in [1.54, 1.807) is 0 Å². The van der Waals surface area contributed by atoms with Crippen LogP contribution in [-0.4, -0.2) is 11.2 Å². The second kappa shape index (κ2) is 18.4. The second-order valence-corrected chi connectivity index (χ2v) is 5.49. The predicted octanol–water partition coefficient (Wildman–Crippen LogP) is 6.15. The van der Waals surface area contributed by atoms with Gasteiger partial charge in [-0.2, -0.15) is 5.26 Å². The highest BCUT2D eigenvalue weighted by Gasteiger charge is 1.97. The van der Waals surface area contributed by atoms with E-state index >= 15 is 0 Å². The third-order valence-corrected chi connectivity index (χ3v) is 3.34. The summed E-state index contributed by atoms with van der Waals surface area (Å²) in [5.74, 6) is -0.601. The van der Waals surface area contributed by atoms with Gasteiger partial charge in [0.05, 0.1) is 6.42 Å². The maximum absolute atomic E-state index is 10.6. The van der Waals surface area contributed by atoms with Crippen LogP contribution in [-0.2, 0) is 9.68 Å². The SMILES string of the molecule is CCC/C=C/CCCCCC/C=C/C=C/C=C/CCC(=O)OO. The molecule has 0 aromatic heterocycles. The van der Waals surface area contributed by atoms with Gasteiger partial charge in [-0.05, 0) is 38.5 Å². The van der Waals surface area contributed by atoms with E-state index in [0.29, 0.717) is 6.42 Å². The summed E-state index contributed by atoms with van der Waals surface area (Å²) in [7, 11) is 0. The monoisotopic (exact) mass is 320 g/mol. The predicted molar refractivity (Wildman–Crippen MR) is 97.1 cm³/mol. The van der Waals surface area contributed by atoms with Crippen LogP contribution in [0.3, 0.4) is 0 Å². The number of carbonyl (C=O) groups excluding carboxylic acids is 1. The summed E-state index contributed by atoms with van der Waals surface area (Å²) >= 11 is 0. The van der Waals surface area contributed by atoms with Crippen molar-refractivity contribution in [1.82, 2.24) is 0 Å². The highest BCUT2D eigenvalue weighted by molar-refractivity contribution is 5.68. The molecule has 0 atom stereocenters. The Bertz CT molecular complexity index is 378. The van der Waals surface area contributed by atoms with E-state index in [4.69, 9.17) is 5.26 Å². The first-order valence-corrected chi connectivity index (χ1v) is 8.78. The molecule has 0 unspecified atom stereocenters. The molecule has 23 heavy (non-hydrogen) atoms. The van der Waals surface area contributed by atoms with Crippen LogP contribution in [0.25, 0.3) is 0 Å². The molecule has 0 aliphatic rings. The summed E-state index contributed by atoms with van der Waals surface area (Å²) in [6.07, 6.45) is 27.3. The molecule has 0 saturated carbocycles. The Morgan fingerprint density at radius 2 is 1.35 bits per heavy atom. The first kappa shape index (κ1) is 21.4. The van der Waals surface area contributed by atoms with Gasteiger partial charge in [0.25, 0.3) is 0 Å². The van der Waals surface area contributed by atoms with Crippen molar-refractivity contribution >= 4 is 5.97 Å². The molecule has 0 saturated heterocycles. The highest BCUT2D eigenvalue weighted by Crippen LogP contribution is 2.07. The second-order valence-electron chi connectivity index (χ2n) is 5.49. The van der Waals surface area contributed by atoms with Crippen molar-refractivity contribution in [2.75, 3.05) is 0 Å². The Labute approximate surface area is 141 Å². The van der Waals surface area contributed by atoms with Gasteiger partial charge in [0.1, 0.15) is 0 Å². The van der Waals surface area contributed by atoms with Gasteiger partial charge in [-0.15, -0.1) is 0 Å². The molecule has 0 radical (unpaired) electrons. The lowest BCUT2D eigenvalue weighted by Crippen LogP contribution is -1.98. The van der Waals surface area contributed by atoms with Crippen molar-refractivity contribution in [3.63, 3.8) is 0 Å². The quantitative estimate of drug-likeness (QED) is 0.137. The number of carbonyl (C=O) groups is 1. The Morgan fingerprint density at radius 1 is 0.783 bits per heavy atom. The van der Waals surface area contributed by atoms with Crippen LogP contribution in [0.2, 0.25) is 0 Å². The molecule has 0 fully saturated rings. The van der Waals surface area contributed by atoms with Gasteiger partial charge in [-0.25, -0.2) is 4.79 Å². The van der Waals surface area contributed by atoms with Crippen molar-refractivity contribution in [3.05, 3.63) is 48.6 Å². The summed E-state index contributed by atoms with van der Waals surface area (Å²) in [5.41, 5.74) is 0. The third-order valence-electron chi connectivity index (χ3n) is 3.34. The number of hydrogen-bond donors (Lipinski definition) is 1. The van der Waals surface area contributed by atoms with Crippen molar-refractivity contribution in [3.8, 4) is 0 Å². The van der Waals surface area contributed by atoms with Crippen LogP contribution in [0.4, 0.5) is 0 Å². The Balaban J connectivity index is 3.38. The smallest absolute Gasteiger partial charge is 0.301 e. The lowest BCUT2D eigenvalue weighted by atomic mass is 10.1. The summed E-state index contributed by atoms with van der Waals surface area (Å²) in [5, 5.41) is 8.07. The van der Waals surface area contributed by atoms with Gasteiger partial charge in [0, 0.05) is 0 Å². The van der Waals surface area contributed by atoms with Crippen LogP contribution >= 0.6 is 0 Å². The van der Waals surface area contributed by atoms with E-state index in [-0.39, 0.29) is 6.42 Å². The molecule has 3 heteroatoms. The topological polar surface area (TPSA) is 46.5 Å². The first-order chi connectivity index (χ1) is 11.3. The third kappa shape index (κ3) is 18.3. The van der Waals surface area contributed by atoms with Gasteiger partial charge < -0.3 is 4.89 Å². The highest BCUT2D eigenvalue weighted by atomic mass is 17.1. The molecular weight excluding hydrogens is 288 g/mol. The Hall–Kier alpha value is -1.61. The zero-order valence-electron chi connectivity index (χ0n) is 14.5. The van der Waals surface area contributed by atoms with E-state index in [2.05, 4.69) is 36.1 Å². The lowest BCUT2D eigenvalue weighted by molar-refractivity contribution is -0.234. The van der Waals surface area contributed by atoms with E-state index in [1.165, 1.54) is 44.9 Å². The average Bonchev–Trinajstić information content (AvgIpc) is 2.57. The number of unbranched alkanes of at least 4 members (excludes halogenated alkanes) is 6. The normalized spacial score (nSPS) is 12.3. The number of rotatable bonds is 14. The molecule has 3 nitrogen and oxygen atoms in total. The molecule has 0 spiro atoms. The largest absolute Gasteiger partial charge is 0.342 e. The summed E-state index contributed by atoms with van der Waals surface area (Å²) in [4.78, 5) is 14.2. The maximum Gasteiger partial charge on any atom is 0.342 e. The minimum atomic E-state index is -0.601. The molecule has 1 N–H and O–H groups in total. The maximum atomic E-state index is 10.6. The van der Waals surface area contributed by atoms with Gasteiger partial charge in [-0.3, -0.25) is 0 Å². The fourth-order valence-corrected chi connectivity index (χ4v) is 2.01. The average molecular weight is 320 g/mol. The van der Waals surface area contributed by atoms with Gasteiger partial charge in [0.15, 0.2) is 0 Å². The van der Waals surface area contributed by atoms with Crippen LogP contribution in [0, 0.1) is 0 Å². The van der Waals surface area contributed by atoms with Crippen molar-refractivity contribution in [1.29, 1.82) is 0 Å². The number of hydrogen-bond acceptors (Lipinski definition) is 3.